The first kappa shape index (κ1) is 33.5. The van der Waals surface area contributed by atoms with Crippen molar-refractivity contribution in [3.8, 4) is 0 Å². The summed E-state index contributed by atoms with van der Waals surface area (Å²) in [6, 6.07) is 11.7. The molecule has 1 aliphatic heterocycles. The molecule has 2 aromatic carbocycles. The summed E-state index contributed by atoms with van der Waals surface area (Å²) in [7, 11) is 0. The summed E-state index contributed by atoms with van der Waals surface area (Å²) in [6.07, 6.45) is 1.42. The number of benzene rings is 2. The number of carbonyl (C=O) groups is 3. The first-order chi connectivity index (χ1) is 18.6. The number of amides is 2. The van der Waals surface area contributed by atoms with Crippen LogP contribution in [-0.4, -0.2) is 41.1 Å². The standard InChI is InChI=1S/C28H32F3N3O2.CH2O2.Na/c1-3-18-32-25(35)21-10-8-19(9-11-21)23(4-2)34-26(36)24(33-27(34)16-6-5-7-17-27)20-12-14-22(15-13-20)28(29,30)31;2-1-3;/h8-15,23H,3-7,16-18H2,1-2H3,(H,32,35);1H,(H,2,3);/q;;+1/p-1. The van der Waals surface area contributed by atoms with Gasteiger partial charge in [0.2, 0.25) is 0 Å². The van der Waals surface area contributed by atoms with E-state index in [9.17, 15) is 22.8 Å². The quantitative estimate of drug-likeness (QED) is 0.406. The van der Waals surface area contributed by atoms with Gasteiger partial charge in [-0.25, -0.2) is 0 Å². The molecular formula is C29H33F3N3NaO4. The van der Waals surface area contributed by atoms with Crippen LogP contribution >= 0.6 is 0 Å². The molecule has 2 amide bonds. The second-order valence-corrected chi connectivity index (χ2v) is 9.65. The van der Waals surface area contributed by atoms with Gasteiger partial charge in [0.25, 0.3) is 11.8 Å². The number of hydrogen-bond acceptors (Lipinski definition) is 5. The molecule has 7 nitrogen and oxygen atoms in total. The predicted octanol–water partition coefficient (Wildman–Crippen LogP) is 1.66. The van der Waals surface area contributed by atoms with Crippen LogP contribution in [0.15, 0.2) is 53.5 Å². The molecule has 4 rings (SSSR count). The molecule has 0 saturated heterocycles. The van der Waals surface area contributed by atoms with Gasteiger partial charge >= 0.3 is 35.7 Å². The molecule has 1 N–H and O–H groups in total. The molecule has 1 heterocycles. The minimum atomic E-state index is -4.44. The fourth-order valence-electron chi connectivity index (χ4n) is 5.28. The van der Waals surface area contributed by atoms with Crippen LogP contribution in [0.3, 0.4) is 0 Å². The maximum atomic E-state index is 13.8. The Morgan fingerprint density at radius 3 is 2.15 bits per heavy atom. The van der Waals surface area contributed by atoms with E-state index in [0.29, 0.717) is 24.1 Å². The maximum absolute atomic E-state index is 13.8. The van der Waals surface area contributed by atoms with Crippen LogP contribution in [0.1, 0.15) is 91.9 Å². The summed E-state index contributed by atoms with van der Waals surface area (Å²) < 4.78 is 39.2. The number of carbonyl (C=O) groups excluding carboxylic acids is 3. The van der Waals surface area contributed by atoms with Crippen molar-refractivity contribution < 1.29 is 62.2 Å². The van der Waals surface area contributed by atoms with Gasteiger partial charge in [-0.15, -0.1) is 0 Å². The van der Waals surface area contributed by atoms with Gasteiger partial charge in [-0.05, 0) is 68.4 Å². The fraction of sp³-hybridized carbons (Fsp3) is 0.448. The smallest absolute Gasteiger partial charge is 0.554 e. The average Bonchev–Trinajstić information content (AvgIpc) is 3.19. The second kappa shape index (κ2) is 14.8. The van der Waals surface area contributed by atoms with Crippen LogP contribution < -0.4 is 40.0 Å². The first-order valence-corrected chi connectivity index (χ1v) is 13.2. The topological polar surface area (TPSA) is 102 Å². The third kappa shape index (κ3) is 7.53. The molecule has 210 valence electrons. The van der Waals surface area contributed by atoms with Crippen molar-refractivity contribution in [3.05, 3.63) is 70.8 Å². The molecule has 1 saturated carbocycles. The molecule has 1 aliphatic carbocycles. The zero-order valence-electron chi connectivity index (χ0n) is 23.1. The number of carboxylic acid groups (broad SMARTS) is 1. The van der Waals surface area contributed by atoms with E-state index in [2.05, 4.69) is 5.32 Å². The fourth-order valence-corrected chi connectivity index (χ4v) is 5.28. The van der Waals surface area contributed by atoms with Gasteiger partial charge in [-0.1, -0.05) is 44.5 Å². The Labute approximate surface area is 254 Å². The normalized spacial score (nSPS) is 16.8. The number of halogens is 3. The molecule has 2 aliphatic rings. The summed E-state index contributed by atoms with van der Waals surface area (Å²) >= 11 is 0. The number of nitrogens with one attached hydrogen (secondary N) is 1. The number of aliphatic imine (C=N–C) groups is 1. The van der Waals surface area contributed by atoms with Crippen LogP contribution in [0.4, 0.5) is 13.2 Å². The summed E-state index contributed by atoms with van der Waals surface area (Å²) in [5.74, 6) is -0.390. The van der Waals surface area contributed by atoms with Crippen LogP contribution in [0.5, 0.6) is 0 Å². The number of rotatable bonds is 7. The third-order valence-electron chi connectivity index (χ3n) is 7.12. The summed E-state index contributed by atoms with van der Waals surface area (Å²) in [4.78, 5) is 41.2. The second-order valence-electron chi connectivity index (χ2n) is 9.65. The Bertz CT molecular complexity index is 1180. The SMILES string of the molecule is CCCNC(=O)c1ccc(C(CC)N2C(=O)C(c3ccc(C(F)(F)F)cc3)=NC23CCCCC3)cc1.O=C[O-].[Na+]. The van der Waals surface area contributed by atoms with Crippen molar-refractivity contribution >= 4 is 24.0 Å². The van der Waals surface area contributed by atoms with E-state index in [1.54, 1.807) is 12.1 Å². The van der Waals surface area contributed by atoms with Gasteiger partial charge in [-0.2, -0.15) is 13.2 Å². The third-order valence-corrected chi connectivity index (χ3v) is 7.12. The van der Waals surface area contributed by atoms with E-state index in [1.165, 1.54) is 12.1 Å². The van der Waals surface area contributed by atoms with Crippen molar-refractivity contribution in [2.45, 2.75) is 76.7 Å². The van der Waals surface area contributed by atoms with E-state index in [1.807, 2.05) is 30.9 Å². The van der Waals surface area contributed by atoms with Gasteiger partial charge in [0, 0.05) is 24.1 Å². The largest absolute Gasteiger partial charge is 1.00 e. The molecule has 0 radical (unpaired) electrons. The molecule has 1 unspecified atom stereocenters. The number of nitrogens with zero attached hydrogens (tertiary/aromatic N) is 2. The molecule has 11 heteroatoms. The van der Waals surface area contributed by atoms with Crippen molar-refractivity contribution in [3.63, 3.8) is 0 Å². The Hall–Kier alpha value is -2.69. The Morgan fingerprint density at radius 1 is 1.07 bits per heavy atom. The summed E-state index contributed by atoms with van der Waals surface area (Å²) in [5.41, 5.74) is 0.634. The molecule has 0 aromatic heterocycles. The summed E-state index contributed by atoms with van der Waals surface area (Å²) in [5, 5.41) is 11.1. The maximum Gasteiger partial charge on any atom is 1.00 e. The number of hydrogen-bond donors (Lipinski definition) is 1. The van der Waals surface area contributed by atoms with E-state index >= 15 is 0 Å². The van der Waals surface area contributed by atoms with E-state index in [4.69, 9.17) is 14.9 Å². The molecule has 1 fully saturated rings. The minimum absolute atomic E-state index is 0. The van der Waals surface area contributed by atoms with Crippen molar-refractivity contribution in [1.29, 1.82) is 0 Å². The molecular weight excluding hydrogens is 534 g/mol. The zero-order chi connectivity index (χ0) is 28.6. The zero-order valence-corrected chi connectivity index (χ0v) is 25.1. The molecule has 1 spiro atoms. The van der Waals surface area contributed by atoms with Crippen molar-refractivity contribution in [1.82, 2.24) is 10.2 Å². The van der Waals surface area contributed by atoms with Gasteiger partial charge in [0.15, 0.2) is 0 Å². The molecule has 1 atom stereocenters. The van der Waals surface area contributed by atoms with Crippen LogP contribution in [0, 0.1) is 0 Å². The van der Waals surface area contributed by atoms with Gasteiger partial charge < -0.3 is 20.1 Å². The average molecular weight is 568 g/mol. The van der Waals surface area contributed by atoms with Crippen molar-refractivity contribution in [2.24, 2.45) is 4.99 Å². The number of alkyl halides is 3. The van der Waals surface area contributed by atoms with Gasteiger partial charge in [-0.3, -0.25) is 14.6 Å². The van der Waals surface area contributed by atoms with Gasteiger partial charge in [0.05, 0.1) is 11.6 Å². The Balaban J connectivity index is 0.00000134. The van der Waals surface area contributed by atoms with Gasteiger partial charge in [0.1, 0.15) is 11.4 Å². The predicted molar refractivity (Wildman–Crippen MR) is 139 cm³/mol. The summed E-state index contributed by atoms with van der Waals surface area (Å²) in [6.45, 7) is 4.10. The molecule has 2 aromatic rings. The van der Waals surface area contributed by atoms with Crippen LogP contribution in [-0.2, 0) is 15.8 Å². The molecule has 0 bridgehead atoms. The van der Waals surface area contributed by atoms with E-state index in [-0.39, 0.29) is 53.1 Å². The van der Waals surface area contributed by atoms with E-state index in [0.717, 1.165) is 56.2 Å². The van der Waals surface area contributed by atoms with Crippen molar-refractivity contribution in [2.75, 3.05) is 6.54 Å². The van der Waals surface area contributed by atoms with Crippen LogP contribution in [0.2, 0.25) is 0 Å². The van der Waals surface area contributed by atoms with Crippen LogP contribution in [0.25, 0.3) is 0 Å². The first-order valence-electron chi connectivity index (χ1n) is 13.2. The Kier molecular flexibility index (Phi) is 12.4. The molecule has 40 heavy (non-hydrogen) atoms. The van der Waals surface area contributed by atoms with E-state index < -0.39 is 23.9 Å². The monoisotopic (exact) mass is 567 g/mol. The minimum Gasteiger partial charge on any atom is -0.554 e. The Morgan fingerprint density at radius 2 is 1.65 bits per heavy atom.